The number of aliphatic hydroxyl groups is 1. The summed E-state index contributed by atoms with van der Waals surface area (Å²) in [5, 5.41) is 12.9. The summed E-state index contributed by atoms with van der Waals surface area (Å²) in [6.07, 6.45) is 3.08. The Morgan fingerprint density at radius 1 is 1.04 bits per heavy atom. The summed E-state index contributed by atoms with van der Waals surface area (Å²) in [6.45, 7) is 6.85. The van der Waals surface area contributed by atoms with Crippen molar-refractivity contribution in [3.8, 4) is 5.75 Å². The monoisotopic (exact) mass is 383 g/mol. The molecule has 0 heterocycles. The summed E-state index contributed by atoms with van der Waals surface area (Å²) in [4.78, 5) is 12.8. The predicted octanol–water partition coefficient (Wildman–Crippen LogP) is 4.85. The van der Waals surface area contributed by atoms with E-state index in [2.05, 4.69) is 19.2 Å². The van der Waals surface area contributed by atoms with Gasteiger partial charge in [-0.05, 0) is 42.0 Å². The zero-order valence-corrected chi connectivity index (χ0v) is 17.2. The fourth-order valence-electron chi connectivity index (χ4n) is 3.33. The molecular formula is C24H33NO3. The van der Waals surface area contributed by atoms with E-state index in [0.717, 1.165) is 36.1 Å². The van der Waals surface area contributed by atoms with Crippen LogP contribution in [-0.4, -0.2) is 24.2 Å². The topological polar surface area (TPSA) is 58.6 Å². The van der Waals surface area contributed by atoms with E-state index >= 15 is 0 Å². The van der Waals surface area contributed by atoms with Gasteiger partial charge in [-0.1, -0.05) is 69.7 Å². The fourth-order valence-corrected chi connectivity index (χ4v) is 3.33. The van der Waals surface area contributed by atoms with Gasteiger partial charge in [0.1, 0.15) is 5.75 Å². The number of hydrogen-bond donors (Lipinski definition) is 2. The van der Waals surface area contributed by atoms with E-state index in [9.17, 15) is 9.90 Å². The molecule has 0 saturated carbocycles. The molecule has 4 nitrogen and oxygen atoms in total. The third-order valence-electron chi connectivity index (χ3n) is 5.02. The van der Waals surface area contributed by atoms with Gasteiger partial charge in [0.25, 0.3) is 0 Å². The summed E-state index contributed by atoms with van der Waals surface area (Å²) >= 11 is 0. The molecule has 0 radical (unpaired) electrons. The van der Waals surface area contributed by atoms with Gasteiger partial charge in [-0.3, -0.25) is 4.79 Å². The number of benzene rings is 2. The van der Waals surface area contributed by atoms with Crippen LogP contribution in [0.4, 0.5) is 0 Å². The molecule has 0 aromatic heterocycles. The lowest BCUT2D eigenvalue weighted by molar-refractivity contribution is -0.124. The Kier molecular flexibility index (Phi) is 9.02. The third kappa shape index (κ3) is 6.38. The van der Waals surface area contributed by atoms with Gasteiger partial charge >= 0.3 is 0 Å². The number of rotatable bonds is 11. The van der Waals surface area contributed by atoms with E-state index in [1.54, 1.807) is 0 Å². The van der Waals surface area contributed by atoms with E-state index in [1.807, 2.05) is 61.5 Å². The molecular weight excluding hydrogens is 350 g/mol. The van der Waals surface area contributed by atoms with Crippen molar-refractivity contribution in [3.63, 3.8) is 0 Å². The Balaban J connectivity index is 2.00. The van der Waals surface area contributed by atoms with E-state index < -0.39 is 5.92 Å². The third-order valence-corrected chi connectivity index (χ3v) is 5.02. The van der Waals surface area contributed by atoms with E-state index in [4.69, 9.17) is 4.74 Å². The second-order valence-electron chi connectivity index (χ2n) is 7.39. The Morgan fingerprint density at radius 2 is 1.71 bits per heavy atom. The minimum absolute atomic E-state index is 0.0644. The summed E-state index contributed by atoms with van der Waals surface area (Å²) in [7, 11) is 0. The highest BCUT2D eigenvalue weighted by Gasteiger charge is 2.22. The molecule has 0 aliphatic carbocycles. The molecule has 0 aliphatic rings. The van der Waals surface area contributed by atoms with Crippen LogP contribution in [0.2, 0.25) is 0 Å². The molecule has 1 amide bonds. The molecule has 0 fully saturated rings. The fraction of sp³-hybridized carbons (Fsp3) is 0.458. The molecule has 2 aromatic rings. The van der Waals surface area contributed by atoms with Crippen LogP contribution in [0.1, 0.15) is 63.1 Å². The lowest BCUT2D eigenvalue weighted by Crippen LogP contribution is -2.34. The number of ether oxygens (including phenoxy) is 1. The number of nitrogens with one attached hydrogen (secondary N) is 1. The first-order chi connectivity index (χ1) is 13.6. The second-order valence-corrected chi connectivity index (χ2v) is 7.39. The molecule has 28 heavy (non-hydrogen) atoms. The lowest BCUT2D eigenvalue weighted by Gasteiger charge is -2.22. The van der Waals surface area contributed by atoms with E-state index in [1.165, 1.54) is 0 Å². The highest BCUT2D eigenvalue weighted by atomic mass is 16.5. The van der Waals surface area contributed by atoms with Gasteiger partial charge in [-0.2, -0.15) is 0 Å². The Labute approximate surface area is 168 Å². The second kappa shape index (κ2) is 11.5. The largest absolute Gasteiger partial charge is 0.493 e. The Morgan fingerprint density at radius 3 is 2.29 bits per heavy atom. The number of carbonyl (C=O) groups is 1. The smallest absolute Gasteiger partial charge is 0.230 e. The first-order valence-electron chi connectivity index (χ1n) is 10.3. The molecule has 2 N–H and O–H groups in total. The van der Waals surface area contributed by atoms with Crippen LogP contribution in [0.5, 0.6) is 5.75 Å². The van der Waals surface area contributed by atoms with Crippen molar-refractivity contribution in [2.24, 2.45) is 5.92 Å². The highest BCUT2D eigenvalue weighted by molar-refractivity contribution is 5.84. The van der Waals surface area contributed by atoms with Crippen LogP contribution < -0.4 is 10.1 Å². The quantitative estimate of drug-likeness (QED) is 0.583. The maximum Gasteiger partial charge on any atom is 0.230 e. The van der Waals surface area contributed by atoms with Crippen LogP contribution in [0.25, 0.3) is 0 Å². The first-order valence-corrected chi connectivity index (χ1v) is 10.3. The number of aliphatic hydroxyl groups excluding tert-OH is 1. The van der Waals surface area contributed by atoms with Gasteiger partial charge in [-0.25, -0.2) is 0 Å². The molecule has 0 spiro atoms. The molecule has 3 atom stereocenters. The molecule has 2 rings (SSSR count). The van der Waals surface area contributed by atoms with Crippen molar-refractivity contribution < 1.29 is 14.6 Å². The van der Waals surface area contributed by atoms with Crippen molar-refractivity contribution >= 4 is 5.91 Å². The lowest BCUT2D eigenvalue weighted by atomic mass is 9.97. The Bertz CT molecular complexity index is 700. The summed E-state index contributed by atoms with van der Waals surface area (Å²) in [6, 6.07) is 17.3. The SMILES string of the molecule is CCCC(C)COc1ccc([C@@H](CO)C(=O)N[C@H](CC)c2ccccc2)cc1. The van der Waals surface area contributed by atoms with Crippen LogP contribution in [0.3, 0.4) is 0 Å². The molecule has 0 aliphatic heterocycles. The standard InChI is InChI=1S/C24H33NO3/c1-4-9-18(3)17-28-21-14-12-19(13-15-21)22(16-26)24(27)25-23(5-2)20-10-7-6-8-11-20/h6-8,10-15,18,22-23,26H,4-5,9,16-17H2,1-3H3,(H,25,27)/t18?,22-,23-/m1/s1. The minimum atomic E-state index is -0.592. The van der Waals surface area contributed by atoms with Crippen LogP contribution >= 0.6 is 0 Å². The number of carbonyl (C=O) groups excluding carboxylic acids is 1. The maximum atomic E-state index is 12.8. The predicted molar refractivity (Wildman–Crippen MR) is 113 cm³/mol. The summed E-state index contributed by atoms with van der Waals surface area (Å²) in [5.41, 5.74) is 1.86. The van der Waals surface area contributed by atoms with Crippen LogP contribution in [0.15, 0.2) is 54.6 Å². The van der Waals surface area contributed by atoms with Crippen molar-refractivity contribution in [2.75, 3.05) is 13.2 Å². The van der Waals surface area contributed by atoms with E-state index in [0.29, 0.717) is 12.5 Å². The highest BCUT2D eigenvalue weighted by Crippen LogP contribution is 2.23. The van der Waals surface area contributed by atoms with Crippen molar-refractivity contribution in [1.29, 1.82) is 0 Å². The zero-order valence-electron chi connectivity index (χ0n) is 17.2. The molecule has 2 aromatic carbocycles. The average Bonchev–Trinajstić information content (AvgIpc) is 2.73. The number of hydrogen-bond acceptors (Lipinski definition) is 3. The molecule has 152 valence electrons. The van der Waals surface area contributed by atoms with Gasteiger partial charge in [-0.15, -0.1) is 0 Å². The van der Waals surface area contributed by atoms with E-state index in [-0.39, 0.29) is 18.6 Å². The Hall–Kier alpha value is -2.33. The van der Waals surface area contributed by atoms with Gasteiger partial charge in [0.05, 0.1) is 25.2 Å². The first kappa shape index (κ1) is 22.0. The van der Waals surface area contributed by atoms with Gasteiger partial charge in [0.2, 0.25) is 5.91 Å². The molecule has 1 unspecified atom stereocenters. The van der Waals surface area contributed by atoms with Crippen molar-refractivity contribution in [1.82, 2.24) is 5.32 Å². The van der Waals surface area contributed by atoms with Gasteiger partial charge in [0.15, 0.2) is 0 Å². The van der Waals surface area contributed by atoms with Crippen molar-refractivity contribution in [2.45, 2.75) is 52.0 Å². The van der Waals surface area contributed by atoms with Crippen molar-refractivity contribution in [3.05, 3.63) is 65.7 Å². The van der Waals surface area contributed by atoms with Gasteiger partial charge in [0, 0.05) is 0 Å². The van der Waals surface area contributed by atoms with Crippen LogP contribution in [-0.2, 0) is 4.79 Å². The molecule has 0 bridgehead atoms. The minimum Gasteiger partial charge on any atom is -0.493 e. The summed E-state index contributed by atoms with van der Waals surface area (Å²) < 4.78 is 5.83. The molecule has 0 saturated heterocycles. The summed E-state index contributed by atoms with van der Waals surface area (Å²) in [5.74, 6) is 0.554. The zero-order chi connectivity index (χ0) is 20.4. The maximum absolute atomic E-state index is 12.8. The average molecular weight is 384 g/mol. The molecule has 4 heteroatoms. The van der Waals surface area contributed by atoms with Crippen LogP contribution in [0, 0.1) is 5.92 Å². The number of amides is 1. The normalized spacial score (nSPS) is 14.1. The van der Waals surface area contributed by atoms with Gasteiger partial charge < -0.3 is 15.2 Å².